The summed E-state index contributed by atoms with van der Waals surface area (Å²) in [5.74, 6) is -0.0928. The minimum absolute atomic E-state index is 0.0928. The summed E-state index contributed by atoms with van der Waals surface area (Å²) in [6.07, 6.45) is 2.27. The van der Waals surface area contributed by atoms with Gasteiger partial charge < -0.3 is 9.88 Å². The van der Waals surface area contributed by atoms with E-state index in [2.05, 4.69) is 5.32 Å². The predicted molar refractivity (Wildman–Crippen MR) is 63.9 cm³/mol. The van der Waals surface area contributed by atoms with Gasteiger partial charge in [0.05, 0.1) is 0 Å². The van der Waals surface area contributed by atoms with E-state index < -0.39 is 0 Å². The summed E-state index contributed by atoms with van der Waals surface area (Å²) >= 11 is 0. The van der Waals surface area contributed by atoms with Gasteiger partial charge >= 0.3 is 5.69 Å². The van der Waals surface area contributed by atoms with Gasteiger partial charge in [0, 0.05) is 38.8 Å². The first-order valence-corrected chi connectivity index (χ1v) is 5.61. The number of hydrogen-bond donors (Lipinski definition) is 1. The molecule has 6 nitrogen and oxygen atoms in total. The zero-order chi connectivity index (χ0) is 12.8. The van der Waals surface area contributed by atoms with Crippen LogP contribution in [0.5, 0.6) is 0 Å². The standard InChI is InChI=1S/C11H17N3O3/c1-3-13-8-6-10(16)14(11(13)17)7-4-5-9(15)12-2/h6,8H,3-5,7H2,1-2H3,(H,12,15). The normalized spacial score (nSPS) is 10.2. The smallest absolute Gasteiger partial charge is 0.330 e. The van der Waals surface area contributed by atoms with E-state index in [0.29, 0.717) is 19.4 Å². The van der Waals surface area contributed by atoms with Crippen molar-refractivity contribution < 1.29 is 4.79 Å². The maximum absolute atomic E-state index is 11.8. The highest BCUT2D eigenvalue weighted by Crippen LogP contribution is 1.90. The summed E-state index contributed by atoms with van der Waals surface area (Å²) in [6.45, 7) is 2.63. The quantitative estimate of drug-likeness (QED) is 0.756. The lowest BCUT2D eigenvalue weighted by molar-refractivity contribution is -0.120. The zero-order valence-corrected chi connectivity index (χ0v) is 10.1. The number of carbonyl (C=O) groups excluding carboxylic acids is 1. The summed E-state index contributed by atoms with van der Waals surface area (Å²) in [7, 11) is 1.56. The highest BCUT2D eigenvalue weighted by atomic mass is 16.2. The van der Waals surface area contributed by atoms with Gasteiger partial charge in [0.15, 0.2) is 0 Å². The van der Waals surface area contributed by atoms with Crippen LogP contribution < -0.4 is 16.6 Å². The minimum Gasteiger partial charge on any atom is -0.359 e. The average Bonchev–Trinajstić information content (AvgIpc) is 2.33. The number of amides is 1. The van der Waals surface area contributed by atoms with Gasteiger partial charge in [0.2, 0.25) is 5.91 Å². The van der Waals surface area contributed by atoms with E-state index in [1.807, 2.05) is 6.92 Å². The van der Waals surface area contributed by atoms with Gasteiger partial charge in [0.1, 0.15) is 0 Å². The van der Waals surface area contributed by atoms with Crippen molar-refractivity contribution in [2.45, 2.75) is 32.9 Å². The molecule has 94 valence electrons. The zero-order valence-electron chi connectivity index (χ0n) is 10.1. The van der Waals surface area contributed by atoms with Crippen LogP contribution in [-0.4, -0.2) is 22.1 Å². The fourth-order valence-corrected chi connectivity index (χ4v) is 1.53. The van der Waals surface area contributed by atoms with Crippen LogP contribution in [0.2, 0.25) is 0 Å². The van der Waals surface area contributed by atoms with E-state index in [1.54, 1.807) is 7.05 Å². The maximum Gasteiger partial charge on any atom is 0.330 e. The summed E-state index contributed by atoms with van der Waals surface area (Å²) < 4.78 is 2.62. The molecule has 1 aromatic rings. The van der Waals surface area contributed by atoms with Crippen LogP contribution in [0, 0.1) is 0 Å². The first-order chi connectivity index (χ1) is 8.10. The van der Waals surface area contributed by atoms with Crippen molar-refractivity contribution in [2.24, 2.45) is 0 Å². The molecule has 17 heavy (non-hydrogen) atoms. The fraction of sp³-hybridized carbons (Fsp3) is 0.545. The molecule has 0 bridgehead atoms. The van der Waals surface area contributed by atoms with Gasteiger partial charge in [0.25, 0.3) is 5.56 Å². The van der Waals surface area contributed by atoms with Gasteiger partial charge in [-0.3, -0.25) is 14.2 Å². The number of hydrogen-bond acceptors (Lipinski definition) is 3. The van der Waals surface area contributed by atoms with E-state index in [4.69, 9.17) is 0 Å². The van der Waals surface area contributed by atoms with Crippen LogP contribution in [-0.2, 0) is 17.9 Å². The molecule has 6 heteroatoms. The lowest BCUT2D eigenvalue weighted by Crippen LogP contribution is -2.38. The van der Waals surface area contributed by atoms with Crippen molar-refractivity contribution in [1.29, 1.82) is 0 Å². The van der Waals surface area contributed by atoms with Crippen LogP contribution in [0.15, 0.2) is 21.9 Å². The van der Waals surface area contributed by atoms with Crippen molar-refractivity contribution >= 4 is 5.91 Å². The third-order valence-electron chi connectivity index (χ3n) is 2.54. The molecule has 1 N–H and O–H groups in total. The number of carbonyl (C=O) groups is 1. The Labute approximate surface area is 98.9 Å². The fourth-order valence-electron chi connectivity index (χ4n) is 1.53. The topological polar surface area (TPSA) is 73.1 Å². The van der Waals surface area contributed by atoms with Crippen molar-refractivity contribution in [3.8, 4) is 0 Å². The van der Waals surface area contributed by atoms with Crippen LogP contribution in [0.3, 0.4) is 0 Å². The monoisotopic (exact) mass is 239 g/mol. The highest BCUT2D eigenvalue weighted by Gasteiger charge is 2.05. The first-order valence-electron chi connectivity index (χ1n) is 5.61. The van der Waals surface area contributed by atoms with Crippen LogP contribution in [0.4, 0.5) is 0 Å². The molecule has 0 radical (unpaired) electrons. The highest BCUT2D eigenvalue weighted by molar-refractivity contribution is 5.75. The Morgan fingerprint density at radius 1 is 1.41 bits per heavy atom. The molecule has 1 rings (SSSR count). The van der Waals surface area contributed by atoms with E-state index in [0.717, 1.165) is 4.57 Å². The molecular weight excluding hydrogens is 222 g/mol. The molecule has 1 aromatic heterocycles. The number of aryl methyl sites for hydroxylation is 1. The van der Waals surface area contributed by atoms with Crippen LogP contribution in [0.1, 0.15) is 19.8 Å². The average molecular weight is 239 g/mol. The van der Waals surface area contributed by atoms with Gasteiger partial charge in [-0.2, -0.15) is 0 Å². The largest absolute Gasteiger partial charge is 0.359 e. The molecule has 0 saturated heterocycles. The van der Waals surface area contributed by atoms with Crippen molar-refractivity contribution in [2.75, 3.05) is 7.05 Å². The molecule has 0 aliphatic carbocycles. The van der Waals surface area contributed by atoms with E-state index >= 15 is 0 Å². The van der Waals surface area contributed by atoms with Crippen LogP contribution in [0.25, 0.3) is 0 Å². The summed E-state index contributed by atoms with van der Waals surface area (Å²) in [5, 5.41) is 2.49. The molecule has 0 aliphatic heterocycles. The first kappa shape index (κ1) is 13.2. The second-order valence-corrected chi connectivity index (χ2v) is 3.65. The van der Waals surface area contributed by atoms with E-state index in [1.165, 1.54) is 16.8 Å². The van der Waals surface area contributed by atoms with Crippen molar-refractivity contribution in [1.82, 2.24) is 14.5 Å². The Balaban J connectivity index is 2.81. The third kappa shape index (κ3) is 3.30. The molecule has 0 saturated carbocycles. The number of rotatable bonds is 5. The van der Waals surface area contributed by atoms with Crippen molar-refractivity contribution in [3.63, 3.8) is 0 Å². The lowest BCUT2D eigenvalue weighted by Gasteiger charge is -2.07. The molecule has 0 fully saturated rings. The van der Waals surface area contributed by atoms with Crippen molar-refractivity contribution in [3.05, 3.63) is 33.1 Å². The van der Waals surface area contributed by atoms with E-state index in [-0.39, 0.29) is 23.7 Å². The summed E-state index contributed by atoms with van der Waals surface area (Å²) in [5.41, 5.74) is -0.645. The molecule has 1 amide bonds. The Morgan fingerprint density at radius 3 is 2.71 bits per heavy atom. The van der Waals surface area contributed by atoms with Gasteiger partial charge in [-0.1, -0.05) is 0 Å². The summed E-state index contributed by atoms with van der Waals surface area (Å²) in [6, 6.07) is 1.37. The molecule has 1 heterocycles. The molecule has 0 aromatic carbocycles. The second kappa shape index (κ2) is 6.03. The molecule has 0 atom stereocenters. The lowest BCUT2D eigenvalue weighted by atomic mass is 10.3. The number of nitrogens with one attached hydrogen (secondary N) is 1. The number of aromatic nitrogens is 2. The molecule has 0 unspecified atom stereocenters. The molecular formula is C11H17N3O3. The Bertz CT molecular complexity index is 501. The van der Waals surface area contributed by atoms with Gasteiger partial charge in [-0.25, -0.2) is 4.79 Å². The minimum atomic E-state index is -0.323. The van der Waals surface area contributed by atoms with Gasteiger partial charge in [-0.15, -0.1) is 0 Å². The molecule has 0 aliphatic rings. The SMILES string of the molecule is CCn1ccc(=O)n(CCCC(=O)NC)c1=O. The summed E-state index contributed by atoms with van der Waals surface area (Å²) in [4.78, 5) is 34.3. The molecule has 0 spiro atoms. The Morgan fingerprint density at radius 2 is 2.12 bits per heavy atom. The Hall–Kier alpha value is -1.85. The van der Waals surface area contributed by atoms with Crippen LogP contribution >= 0.6 is 0 Å². The predicted octanol–water partition coefficient (Wildman–Crippen LogP) is -0.444. The third-order valence-corrected chi connectivity index (χ3v) is 2.54. The van der Waals surface area contributed by atoms with Gasteiger partial charge in [-0.05, 0) is 13.3 Å². The second-order valence-electron chi connectivity index (χ2n) is 3.65. The number of nitrogens with zero attached hydrogens (tertiary/aromatic N) is 2. The Kier molecular flexibility index (Phi) is 4.68. The maximum atomic E-state index is 11.8. The van der Waals surface area contributed by atoms with E-state index in [9.17, 15) is 14.4 Å².